The number of aromatic hydroxyl groups is 1. The summed E-state index contributed by atoms with van der Waals surface area (Å²) in [7, 11) is 0. The number of hydrogen-bond donors (Lipinski definition) is 3. The molecule has 8 heteroatoms. The molecule has 0 aliphatic carbocycles. The van der Waals surface area contributed by atoms with Gasteiger partial charge in [0.05, 0.1) is 12.2 Å². The number of piperazine rings is 1. The van der Waals surface area contributed by atoms with Crippen LogP contribution in [0, 0.1) is 6.92 Å². The van der Waals surface area contributed by atoms with E-state index in [2.05, 4.69) is 20.2 Å². The first-order valence-electron chi connectivity index (χ1n) is 9.08. The molecule has 0 amide bonds. The lowest BCUT2D eigenvalue weighted by molar-refractivity contribution is 0.247. The summed E-state index contributed by atoms with van der Waals surface area (Å²) < 4.78 is 1.11. The van der Waals surface area contributed by atoms with Gasteiger partial charge in [-0.2, -0.15) is 0 Å². The second-order valence-corrected chi connectivity index (χ2v) is 6.64. The summed E-state index contributed by atoms with van der Waals surface area (Å²) in [6, 6.07) is 7.17. The van der Waals surface area contributed by atoms with E-state index in [9.17, 15) is 14.7 Å². The Bertz CT molecular complexity index is 955. The monoisotopic (exact) mass is 371 g/mol. The zero-order valence-electron chi connectivity index (χ0n) is 15.7. The van der Waals surface area contributed by atoms with Gasteiger partial charge in [-0.3, -0.25) is 19.7 Å². The van der Waals surface area contributed by atoms with Crippen molar-refractivity contribution >= 4 is 5.71 Å². The van der Waals surface area contributed by atoms with Crippen molar-refractivity contribution in [2.75, 3.05) is 39.3 Å². The Morgan fingerprint density at radius 1 is 1.22 bits per heavy atom. The fourth-order valence-electron chi connectivity index (χ4n) is 3.26. The van der Waals surface area contributed by atoms with Gasteiger partial charge in [0, 0.05) is 38.4 Å². The van der Waals surface area contributed by atoms with Gasteiger partial charge in [-0.1, -0.05) is 18.2 Å². The van der Waals surface area contributed by atoms with Gasteiger partial charge in [0.1, 0.15) is 5.56 Å². The topological polar surface area (TPSA) is 103 Å². The summed E-state index contributed by atoms with van der Waals surface area (Å²) in [6.45, 7) is 8.69. The Morgan fingerprint density at radius 2 is 1.93 bits per heavy atom. The number of H-pyrrole nitrogens is 1. The standard InChI is InChI=1S/C19H25N5O3/c1-13-5-3-4-6-15(13)24-18(26)16(17(25)22-19(24)27)14(2)21-9-12-23-10-7-20-8-11-23/h3-6,20,26H,7-12H2,1-2H3,(H,22,25,27). The Hall–Kier alpha value is -2.71. The maximum atomic E-state index is 12.3. The molecule has 0 bridgehead atoms. The largest absolute Gasteiger partial charge is 0.493 e. The zero-order valence-corrected chi connectivity index (χ0v) is 15.7. The number of aromatic nitrogens is 2. The van der Waals surface area contributed by atoms with Crippen LogP contribution >= 0.6 is 0 Å². The van der Waals surface area contributed by atoms with Gasteiger partial charge in [-0.15, -0.1) is 0 Å². The molecule has 1 aromatic carbocycles. The van der Waals surface area contributed by atoms with Crippen LogP contribution in [0.2, 0.25) is 0 Å². The van der Waals surface area contributed by atoms with Crippen LogP contribution in [0.5, 0.6) is 5.88 Å². The van der Waals surface area contributed by atoms with Crippen LogP contribution in [0.3, 0.4) is 0 Å². The SMILES string of the molecule is CC(=NCCN1CCNCC1)c1c(O)n(-c2ccccc2C)c(=O)[nH]c1=O. The molecule has 1 aliphatic heterocycles. The second kappa shape index (κ2) is 8.32. The van der Waals surface area contributed by atoms with Crippen LogP contribution in [-0.4, -0.2) is 64.5 Å². The van der Waals surface area contributed by atoms with Gasteiger partial charge in [-0.25, -0.2) is 9.36 Å². The van der Waals surface area contributed by atoms with E-state index < -0.39 is 11.2 Å². The quantitative estimate of drug-likeness (QED) is 0.654. The molecule has 3 N–H and O–H groups in total. The van der Waals surface area contributed by atoms with Crippen molar-refractivity contribution in [3.8, 4) is 11.6 Å². The smallest absolute Gasteiger partial charge is 0.335 e. The molecule has 3 rings (SSSR count). The molecule has 0 saturated carbocycles. The molecular weight excluding hydrogens is 346 g/mol. The summed E-state index contributed by atoms with van der Waals surface area (Å²) in [4.78, 5) is 33.7. The van der Waals surface area contributed by atoms with Crippen molar-refractivity contribution in [1.82, 2.24) is 19.8 Å². The molecule has 2 heterocycles. The van der Waals surface area contributed by atoms with Gasteiger partial charge >= 0.3 is 5.69 Å². The van der Waals surface area contributed by atoms with E-state index in [-0.39, 0.29) is 11.4 Å². The third-order valence-corrected chi connectivity index (χ3v) is 4.78. The predicted molar refractivity (Wildman–Crippen MR) is 105 cm³/mol. The average Bonchev–Trinajstić information content (AvgIpc) is 2.64. The third-order valence-electron chi connectivity index (χ3n) is 4.78. The number of benzene rings is 1. The van der Waals surface area contributed by atoms with Crippen LogP contribution < -0.4 is 16.6 Å². The van der Waals surface area contributed by atoms with Gasteiger partial charge in [0.15, 0.2) is 0 Å². The third kappa shape index (κ3) is 4.17. The highest BCUT2D eigenvalue weighted by Gasteiger charge is 2.18. The number of para-hydroxylation sites is 1. The van der Waals surface area contributed by atoms with Gasteiger partial charge in [0.25, 0.3) is 5.56 Å². The van der Waals surface area contributed by atoms with Crippen molar-refractivity contribution in [2.24, 2.45) is 4.99 Å². The molecule has 27 heavy (non-hydrogen) atoms. The molecule has 2 aromatic rings. The fraction of sp³-hybridized carbons (Fsp3) is 0.421. The Balaban J connectivity index is 1.92. The molecular formula is C19H25N5O3. The summed E-state index contributed by atoms with van der Waals surface area (Å²) in [5.41, 5.74) is 0.451. The van der Waals surface area contributed by atoms with E-state index in [4.69, 9.17) is 0 Å². The predicted octanol–water partition coefficient (Wildman–Crippen LogP) is 0.254. The van der Waals surface area contributed by atoms with Crippen molar-refractivity contribution in [1.29, 1.82) is 0 Å². The first kappa shape index (κ1) is 19.1. The Morgan fingerprint density at radius 3 is 2.63 bits per heavy atom. The van der Waals surface area contributed by atoms with Crippen LogP contribution in [-0.2, 0) is 0 Å². The number of hydrogen-bond acceptors (Lipinski definition) is 6. The second-order valence-electron chi connectivity index (χ2n) is 6.64. The van der Waals surface area contributed by atoms with Crippen LogP contribution in [0.1, 0.15) is 18.1 Å². The van der Waals surface area contributed by atoms with Crippen LogP contribution in [0.15, 0.2) is 38.8 Å². The minimum absolute atomic E-state index is 0.0261. The van der Waals surface area contributed by atoms with E-state index in [0.717, 1.165) is 42.9 Å². The number of aliphatic imine (C=N–C) groups is 1. The molecule has 0 spiro atoms. The first-order valence-corrected chi connectivity index (χ1v) is 9.08. The van der Waals surface area contributed by atoms with E-state index in [0.29, 0.717) is 17.9 Å². The molecule has 1 aromatic heterocycles. The van der Waals surface area contributed by atoms with E-state index in [1.807, 2.05) is 19.1 Å². The van der Waals surface area contributed by atoms with Crippen molar-refractivity contribution in [2.45, 2.75) is 13.8 Å². The number of rotatable bonds is 5. The number of nitrogens with zero attached hydrogens (tertiary/aromatic N) is 3. The lowest BCUT2D eigenvalue weighted by Crippen LogP contribution is -2.44. The summed E-state index contributed by atoms with van der Waals surface area (Å²) >= 11 is 0. The highest BCUT2D eigenvalue weighted by Crippen LogP contribution is 2.19. The van der Waals surface area contributed by atoms with E-state index >= 15 is 0 Å². The molecule has 1 aliphatic rings. The Labute approximate surface area is 157 Å². The number of aromatic amines is 1. The summed E-state index contributed by atoms with van der Waals surface area (Å²) in [5, 5.41) is 14.0. The normalized spacial score (nSPS) is 15.9. The van der Waals surface area contributed by atoms with Crippen molar-refractivity contribution in [3.05, 3.63) is 56.2 Å². The minimum atomic E-state index is -0.677. The number of nitrogens with one attached hydrogen (secondary N) is 2. The van der Waals surface area contributed by atoms with Gasteiger partial charge in [-0.05, 0) is 25.5 Å². The maximum Gasteiger partial charge on any atom is 0.335 e. The fourth-order valence-corrected chi connectivity index (χ4v) is 3.26. The highest BCUT2D eigenvalue weighted by atomic mass is 16.3. The average molecular weight is 371 g/mol. The molecule has 1 saturated heterocycles. The maximum absolute atomic E-state index is 12.3. The molecule has 0 radical (unpaired) electrons. The summed E-state index contributed by atoms with van der Waals surface area (Å²) in [6.07, 6.45) is 0. The minimum Gasteiger partial charge on any atom is -0.493 e. The van der Waals surface area contributed by atoms with Crippen molar-refractivity contribution in [3.63, 3.8) is 0 Å². The Kier molecular flexibility index (Phi) is 5.88. The van der Waals surface area contributed by atoms with Gasteiger partial charge in [0.2, 0.25) is 5.88 Å². The lowest BCUT2D eigenvalue weighted by atomic mass is 10.1. The highest BCUT2D eigenvalue weighted by molar-refractivity contribution is 6.00. The van der Waals surface area contributed by atoms with E-state index in [1.54, 1.807) is 19.1 Å². The van der Waals surface area contributed by atoms with Crippen LogP contribution in [0.4, 0.5) is 0 Å². The molecule has 144 valence electrons. The molecule has 8 nitrogen and oxygen atoms in total. The zero-order chi connectivity index (χ0) is 19.4. The first-order chi connectivity index (χ1) is 13.0. The number of aryl methyl sites for hydroxylation is 1. The molecule has 0 unspecified atom stereocenters. The van der Waals surface area contributed by atoms with Crippen molar-refractivity contribution < 1.29 is 5.11 Å². The van der Waals surface area contributed by atoms with Gasteiger partial charge < -0.3 is 10.4 Å². The molecule has 1 fully saturated rings. The lowest BCUT2D eigenvalue weighted by Gasteiger charge is -2.26. The summed E-state index contributed by atoms with van der Waals surface area (Å²) in [5.74, 6) is -0.388. The van der Waals surface area contributed by atoms with Crippen LogP contribution in [0.25, 0.3) is 5.69 Å². The molecule has 0 atom stereocenters. The van der Waals surface area contributed by atoms with E-state index in [1.165, 1.54) is 0 Å².